The molecular formula is C34H39N3O5S. The van der Waals surface area contributed by atoms with Gasteiger partial charge in [-0.2, -0.15) is 0 Å². The second-order valence-corrected chi connectivity index (χ2v) is 13.6. The van der Waals surface area contributed by atoms with Crippen LogP contribution < -0.4 is 10.6 Å². The Labute approximate surface area is 256 Å². The van der Waals surface area contributed by atoms with E-state index in [0.717, 1.165) is 24.0 Å². The Morgan fingerprint density at radius 3 is 2.47 bits per heavy atom. The molecule has 0 unspecified atom stereocenters. The molecule has 9 heteroatoms. The van der Waals surface area contributed by atoms with Gasteiger partial charge in [0.15, 0.2) is 6.10 Å². The zero-order valence-electron chi connectivity index (χ0n) is 25.0. The maximum atomic E-state index is 14.0. The maximum Gasteiger partial charge on any atom is 0.254 e. The van der Waals surface area contributed by atoms with Crippen LogP contribution in [0.5, 0.6) is 5.75 Å². The molecule has 4 N–H and O–H groups in total. The van der Waals surface area contributed by atoms with Crippen LogP contribution in [0.2, 0.25) is 0 Å². The second kappa shape index (κ2) is 12.4. The molecule has 43 heavy (non-hydrogen) atoms. The molecule has 1 heterocycles. The lowest BCUT2D eigenvalue weighted by atomic mass is 9.96. The molecule has 3 amide bonds. The van der Waals surface area contributed by atoms with E-state index < -0.39 is 34.7 Å². The summed E-state index contributed by atoms with van der Waals surface area (Å²) >= 11 is 1.48. The number of benzene rings is 3. The first-order chi connectivity index (χ1) is 20.5. The zero-order valence-corrected chi connectivity index (χ0v) is 25.8. The molecule has 1 aliphatic heterocycles. The lowest BCUT2D eigenvalue weighted by Gasteiger charge is -2.34. The molecule has 2 aliphatic rings. The van der Waals surface area contributed by atoms with Crippen molar-refractivity contribution >= 4 is 29.5 Å². The van der Waals surface area contributed by atoms with Crippen LogP contribution >= 0.6 is 11.8 Å². The number of aryl methyl sites for hydroxylation is 2. The van der Waals surface area contributed by atoms with Crippen LogP contribution in [0.1, 0.15) is 64.5 Å². The van der Waals surface area contributed by atoms with Crippen molar-refractivity contribution in [3.05, 3.63) is 100 Å². The van der Waals surface area contributed by atoms with Crippen molar-refractivity contribution in [2.24, 2.45) is 0 Å². The average molecular weight is 602 g/mol. The molecule has 4 atom stereocenters. The van der Waals surface area contributed by atoms with E-state index in [-0.39, 0.29) is 35.6 Å². The second-order valence-electron chi connectivity index (χ2n) is 12.0. The fourth-order valence-electron chi connectivity index (χ4n) is 6.15. The Bertz CT molecular complexity index is 1530. The van der Waals surface area contributed by atoms with Crippen molar-refractivity contribution in [3.63, 3.8) is 0 Å². The lowest BCUT2D eigenvalue weighted by molar-refractivity contribution is -0.147. The zero-order chi connectivity index (χ0) is 30.9. The summed E-state index contributed by atoms with van der Waals surface area (Å²) in [4.78, 5) is 42.6. The summed E-state index contributed by atoms with van der Waals surface area (Å²) in [5.74, 6) is -1.12. The Hall–Kier alpha value is -3.82. The van der Waals surface area contributed by atoms with Gasteiger partial charge in [0.2, 0.25) is 5.91 Å². The van der Waals surface area contributed by atoms with Gasteiger partial charge in [0, 0.05) is 15.9 Å². The van der Waals surface area contributed by atoms with E-state index in [9.17, 15) is 24.6 Å². The Kier molecular flexibility index (Phi) is 8.85. The summed E-state index contributed by atoms with van der Waals surface area (Å²) in [6.07, 6.45) is 0.252. The Morgan fingerprint density at radius 2 is 1.72 bits per heavy atom. The number of amides is 3. The number of aliphatic hydroxyl groups is 1. The van der Waals surface area contributed by atoms with E-state index in [1.807, 2.05) is 62.4 Å². The van der Waals surface area contributed by atoms with Gasteiger partial charge in [0.1, 0.15) is 11.8 Å². The number of nitrogens with zero attached hydrogens (tertiary/aromatic N) is 1. The number of phenols is 1. The molecule has 5 rings (SSSR count). The van der Waals surface area contributed by atoms with Crippen LogP contribution in [0.4, 0.5) is 0 Å². The number of phenolic OH excluding ortho intramolecular Hbond substituents is 1. The third-order valence-electron chi connectivity index (χ3n) is 8.65. The van der Waals surface area contributed by atoms with Gasteiger partial charge in [0.25, 0.3) is 11.8 Å². The molecule has 3 aromatic carbocycles. The fraction of sp³-hybridized carbons (Fsp3) is 0.382. The molecule has 3 aromatic rings. The van der Waals surface area contributed by atoms with Gasteiger partial charge in [-0.05, 0) is 75.3 Å². The van der Waals surface area contributed by atoms with Crippen molar-refractivity contribution in [1.29, 1.82) is 0 Å². The highest BCUT2D eigenvalue weighted by atomic mass is 32.2. The number of carbonyl (C=O) groups is 3. The summed E-state index contributed by atoms with van der Waals surface area (Å²) < 4.78 is -0.591. The molecule has 8 nitrogen and oxygen atoms in total. The first-order valence-electron chi connectivity index (χ1n) is 14.6. The predicted octanol–water partition coefficient (Wildman–Crippen LogP) is 4.19. The quantitative estimate of drug-likeness (QED) is 0.308. The van der Waals surface area contributed by atoms with Crippen molar-refractivity contribution in [2.75, 3.05) is 5.88 Å². The number of rotatable bonds is 8. The van der Waals surface area contributed by atoms with Gasteiger partial charge in [-0.3, -0.25) is 14.4 Å². The van der Waals surface area contributed by atoms with Crippen LogP contribution in [0.15, 0.2) is 66.7 Å². The van der Waals surface area contributed by atoms with Crippen LogP contribution in [0.3, 0.4) is 0 Å². The molecule has 1 saturated heterocycles. The standard InChI is InChI=1S/C34H39N3O5S/c1-20-14-16-24(21(2)28(20)38)31(40)36-27(18-22-10-6-5-7-11-22)29(39)33(42)37-19-43-34(3,4)30(37)32(41)35-26-17-15-23-12-8-9-13-25(23)26/h5-14,16,26-27,29-30,38-39H,15,17-19H2,1-4H3,(H,35,41)(H,36,40)/t26-,27-,29-,30+/m0/s1. The van der Waals surface area contributed by atoms with Gasteiger partial charge in [-0.1, -0.05) is 60.7 Å². The van der Waals surface area contributed by atoms with Crippen LogP contribution in [-0.2, 0) is 22.4 Å². The smallest absolute Gasteiger partial charge is 0.254 e. The molecule has 1 aliphatic carbocycles. The molecule has 1 fully saturated rings. The lowest BCUT2D eigenvalue weighted by Crippen LogP contribution is -2.59. The van der Waals surface area contributed by atoms with E-state index in [2.05, 4.69) is 16.7 Å². The predicted molar refractivity (Wildman–Crippen MR) is 168 cm³/mol. The van der Waals surface area contributed by atoms with Crippen molar-refractivity contribution in [1.82, 2.24) is 15.5 Å². The highest BCUT2D eigenvalue weighted by Gasteiger charge is 2.50. The number of thioether (sulfide) groups is 1. The Balaban J connectivity index is 1.38. The van der Waals surface area contributed by atoms with Gasteiger partial charge < -0.3 is 25.7 Å². The molecule has 0 saturated carbocycles. The first kappa shape index (κ1) is 30.6. The number of fused-ring (bicyclic) bond motifs is 1. The summed E-state index contributed by atoms with van der Waals surface area (Å²) in [5.41, 5.74) is 4.46. The Morgan fingerprint density at radius 1 is 1.02 bits per heavy atom. The molecule has 0 radical (unpaired) electrons. The average Bonchev–Trinajstić information content (AvgIpc) is 3.54. The number of hydrogen-bond donors (Lipinski definition) is 4. The van der Waals surface area contributed by atoms with Crippen LogP contribution in [0, 0.1) is 13.8 Å². The maximum absolute atomic E-state index is 14.0. The fourth-order valence-corrected chi connectivity index (χ4v) is 7.29. The van der Waals surface area contributed by atoms with Crippen LogP contribution in [0.25, 0.3) is 0 Å². The van der Waals surface area contributed by atoms with E-state index in [0.29, 0.717) is 11.1 Å². The summed E-state index contributed by atoms with van der Waals surface area (Å²) in [7, 11) is 0. The normalized spacial score (nSPS) is 20.3. The molecular weight excluding hydrogens is 562 g/mol. The number of carbonyl (C=O) groups excluding carboxylic acids is 3. The highest BCUT2D eigenvalue weighted by molar-refractivity contribution is 8.00. The largest absolute Gasteiger partial charge is 0.507 e. The van der Waals surface area contributed by atoms with E-state index in [1.54, 1.807) is 26.0 Å². The third kappa shape index (κ3) is 6.28. The van der Waals surface area contributed by atoms with E-state index in [1.165, 1.54) is 22.2 Å². The summed E-state index contributed by atoms with van der Waals surface area (Å²) in [6, 6.07) is 18.7. The number of hydrogen-bond acceptors (Lipinski definition) is 6. The van der Waals surface area contributed by atoms with E-state index in [4.69, 9.17) is 0 Å². The van der Waals surface area contributed by atoms with Crippen molar-refractivity contribution in [2.45, 2.75) is 75.9 Å². The van der Waals surface area contributed by atoms with E-state index >= 15 is 0 Å². The van der Waals surface area contributed by atoms with Gasteiger partial charge >= 0.3 is 0 Å². The topological polar surface area (TPSA) is 119 Å². The minimum Gasteiger partial charge on any atom is -0.507 e. The molecule has 0 bridgehead atoms. The summed E-state index contributed by atoms with van der Waals surface area (Å²) in [5, 5.41) is 28.0. The summed E-state index contributed by atoms with van der Waals surface area (Å²) in [6.45, 7) is 7.26. The monoisotopic (exact) mass is 601 g/mol. The van der Waals surface area contributed by atoms with Crippen molar-refractivity contribution < 1.29 is 24.6 Å². The van der Waals surface area contributed by atoms with Crippen molar-refractivity contribution in [3.8, 4) is 5.75 Å². The number of aliphatic hydroxyl groups excluding tert-OH is 1. The third-order valence-corrected chi connectivity index (χ3v) is 10.0. The van der Waals surface area contributed by atoms with Gasteiger partial charge in [-0.25, -0.2) is 0 Å². The highest BCUT2D eigenvalue weighted by Crippen LogP contribution is 2.41. The molecule has 0 spiro atoms. The SMILES string of the molecule is Cc1ccc(C(=O)N[C@@H](Cc2ccccc2)[C@H](O)C(=O)N2CSC(C)(C)[C@H]2C(=O)N[C@H]2CCc3ccccc32)c(C)c1O. The minimum atomic E-state index is -1.61. The minimum absolute atomic E-state index is 0.0268. The number of nitrogens with one attached hydrogen (secondary N) is 2. The van der Waals surface area contributed by atoms with Gasteiger partial charge in [-0.15, -0.1) is 11.8 Å². The molecule has 226 valence electrons. The van der Waals surface area contributed by atoms with Crippen LogP contribution in [-0.4, -0.2) is 61.6 Å². The molecule has 0 aromatic heterocycles. The first-order valence-corrected chi connectivity index (χ1v) is 15.6. The van der Waals surface area contributed by atoms with Gasteiger partial charge in [0.05, 0.1) is 18.0 Å². The number of aromatic hydroxyl groups is 1.